The van der Waals surface area contributed by atoms with Crippen molar-refractivity contribution in [2.45, 2.75) is 32.5 Å². The van der Waals surface area contributed by atoms with E-state index >= 15 is 0 Å². The highest BCUT2D eigenvalue weighted by Crippen LogP contribution is 2.15. The molecule has 3 aromatic rings. The van der Waals surface area contributed by atoms with Crippen LogP contribution in [0.5, 0.6) is 5.75 Å². The molecule has 5 heteroatoms. The van der Waals surface area contributed by atoms with Gasteiger partial charge in [-0.25, -0.2) is 0 Å². The Hall–Kier alpha value is -3.60. The van der Waals surface area contributed by atoms with Gasteiger partial charge in [0.1, 0.15) is 11.8 Å². The molecule has 0 aliphatic rings. The van der Waals surface area contributed by atoms with E-state index in [-0.39, 0.29) is 11.8 Å². The van der Waals surface area contributed by atoms with Crippen LogP contribution in [-0.4, -0.2) is 29.9 Å². The first-order chi connectivity index (χ1) is 15.1. The number of rotatable bonds is 9. The summed E-state index contributed by atoms with van der Waals surface area (Å²) in [7, 11) is 1.62. The molecule has 0 radical (unpaired) electrons. The maximum absolute atomic E-state index is 13.3. The number of amides is 2. The number of carbonyl (C=O) groups is 2. The zero-order valence-electron chi connectivity index (χ0n) is 18.0. The fourth-order valence-electron chi connectivity index (χ4n) is 3.45. The van der Waals surface area contributed by atoms with E-state index in [1.807, 2.05) is 84.9 Å². The Morgan fingerprint density at radius 2 is 1.42 bits per heavy atom. The summed E-state index contributed by atoms with van der Waals surface area (Å²) in [5, 5.41) is 3.00. The number of benzene rings is 3. The van der Waals surface area contributed by atoms with Gasteiger partial charge in [0.25, 0.3) is 0 Å². The molecular weight excluding hydrogens is 388 g/mol. The van der Waals surface area contributed by atoms with Crippen LogP contribution in [0.1, 0.15) is 23.6 Å². The topological polar surface area (TPSA) is 58.6 Å². The van der Waals surface area contributed by atoms with Crippen LogP contribution < -0.4 is 10.1 Å². The van der Waals surface area contributed by atoms with Crippen LogP contribution in [-0.2, 0) is 29.1 Å². The number of hydrogen-bond acceptors (Lipinski definition) is 3. The maximum atomic E-state index is 13.3. The minimum Gasteiger partial charge on any atom is -0.497 e. The number of methoxy groups -OCH3 is 1. The highest BCUT2D eigenvalue weighted by atomic mass is 16.5. The lowest BCUT2D eigenvalue weighted by Gasteiger charge is -2.30. The molecule has 0 unspecified atom stereocenters. The zero-order valence-corrected chi connectivity index (χ0v) is 18.0. The van der Waals surface area contributed by atoms with Gasteiger partial charge in [0.15, 0.2) is 0 Å². The fraction of sp³-hybridized carbons (Fsp3) is 0.231. The Labute approximate surface area is 183 Å². The average Bonchev–Trinajstić information content (AvgIpc) is 2.81. The quantitative estimate of drug-likeness (QED) is 0.574. The van der Waals surface area contributed by atoms with Crippen LogP contribution >= 0.6 is 0 Å². The largest absolute Gasteiger partial charge is 0.497 e. The Morgan fingerprint density at radius 1 is 0.839 bits per heavy atom. The summed E-state index contributed by atoms with van der Waals surface area (Å²) in [6.07, 6.45) is 0.446. The molecule has 160 valence electrons. The Morgan fingerprint density at radius 3 is 1.97 bits per heavy atom. The molecule has 1 atom stereocenters. The molecule has 3 rings (SSSR count). The number of nitrogens with one attached hydrogen (secondary N) is 1. The molecule has 0 aliphatic heterocycles. The van der Waals surface area contributed by atoms with Gasteiger partial charge < -0.3 is 15.0 Å². The van der Waals surface area contributed by atoms with Gasteiger partial charge in [0.05, 0.1) is 7.11 Å². The van der Waals surface area contributed by atoms with E-state index in [2.05, 4.69) is 5.32 Å². The zero-order chi connectivity index (χ0) is 22.1. The van der Waals surface area contributed by atoms with Gasteiger partial charge in [0, 0.05) is 26.4 Å². The monoisotopic (exact) mass is 416 g/mol. The highest BCUT2D eigenvalue weighted by molar-refractivity contribution is 5.87. The summed E-state index contributed by atoms with van der Waals surface area (Å²) in [5.74, 6) is 0.456. The minimum absolute atomic E-state index is 0.135. The van der Waals surface area contributed by atoms with Gasteiger partial charge in [-0.05, 0) is 28.8 Å². The predicted octanol–water partition coefficient (Wildman–Crippen LogP) is 3.97. The van der Waals surface area contributed by atoms with E-state index in [1.54, 1.807) is 12.0 Å². The van der Waals surface area contributed by atoms with Crippen molar-refractivity contribution in [2.24, 2.45) is 0 Å². The summed E-state index contributed by atoms with van der Waals surface area (Å²) >= 11 is 0. The molecule has 0 saturated heterocycles. The van der Waals surface area contributed by atoms with Crippen molar-refractivity contribution < 1.29 is 14.3 Å². The van der Waals surface area contributed by atoms with Gasteiger partial charge in [-0.15, -0.1) is 0 Å². The highest BCUT2D eigenvalue weighted by Gasteiger charge is 2.28. The van der Waals surface area contributed by atoms with Crippen LogP contribution in [0.2, 0.25) is 0 Å². The second-order valence-electron chi connectivity index (χ2n) is 7.40. The molecule has 1 N–H and O–H groups in total. The van der Waals surface area contributed by atoms with Crippen molar-refractivity contribution in [2.75, 3.05) is 7.11 Å². The molecule has 0 bridgehead atoms. The Bertz CT molecular complexity index is 973. The second kappa shape index (κ2) is 11.0. The third kappa shape index (κ3) is 6.44. The second-order valence-corrected chi connectivity index (χ2v) is 7.40. The molecule has 0 fully saturated rings. The number of nitrogens with zero attached hydrogens (tertiary/aromatic N) is 1. The molecule has 0 heterocycles. The molecule has 3 aromatic carbocycles. The number of hydrogen-bond donors (Lipinski definition) is 1. The standard InChI is InChI=1S/C26H28N2O3/c1-20(29)28(19-23-11-7-4-8-12-23)25(17-21-9-5-3-6-10-21)26(30)27-18-22-13-15-24(31-2)16-14-22/h3-16,25H,17-19H2,1-2H3,(H,27,30)/t25-/m0/s1. The van der Waals surface area contributed by atoms with Crippen LogP contribution in [0, 0.1) is 0 Å². The van der Waals surface area contributed by atoms with Gasteiger partial charge in [0.2, 0.25) is 11.8 Å². The van der Waals surface area contributed by atoms with Crippen molar-refractivity contribution in [3.63, 3.8) is 0 Å². The van der Waals surface area contributed by atoms with Crippen molar-refractivity contribution >= 4 is 11.8 Å². The molecule has 31 heavy (non-hydrogen) atoms. The minimum atomic E-state index is -0.613. The summed E-state index contributed by atoms with van der Waals surface area (Å²) in [4.78, 5) is 27.5. The Balaban J connectivity index is 1.79. The van der Waals surface area contributed by atoms with Gasteiger partial charge in [-0.2, -0.15) is 0 Å². The van der Waals surface area contributed by atoms with Crippen LogP contribution in [0.3, 0.4) is 0 Å². The SMILES string of the molecule is COc1ccc(CNC(=O)[C@H](Cc2ccccc2)N(Cc2ccccc2)C(C)=O)cc1. The van der Waals surface area contributed by atoms with E-state index in [0.29, 0.717) is 19.5 Å². The molecule has 0 aromatic heterocycles. The van der Waals surface area contributed by atoms with E-state index < -0.39 is 6.04 Å². The van der Waals surface area contributed by atoms with E-state index in [0.717, 1.165) is 22.4 Å². The van der Waals surface area contributed by atoms with Crippen LogP contribution in [0.15, 0.2) is 84.9 Å². The molecule has 2 amide bonds. The van der Waals surface area contributed by atoms with Crippen molar-refractivity contribution in [1.82, 2.24) is 10.2 Å². The summed E-state index contributed by atoms with van der Waals surface area (Å²) < 4.78 is 5.18. The van der Waals surface area contributed by atoms with Gasteiger partial charge in [-0.1, -0.05) is 72.8 Å². The Kier molecular flexibility index (Phi) is 7.82. The van der Waals surface area contributed by atoms with Crippen LogP contribution in [0.4, 0.5) is 0 Å². The predicted molar refractivity (Wildman–Crippen MR) is 121 cm³/mol. The first-order valence-corrected chi connectivity index (χ1v) is 10.3. The first-order valence-electron chi connectivity index (χ1n) is 10.3. The molecule has 0 spiro atoms. The third-order valence-corrected chi connectivity index (χ3v) is 5.18. The normalized spacial score (nSPS) is 11.4. The van der Waals surface area contributed by atoms with Crippen molar-refractivity contribution in [3.05, 3.63) is 102 Å². The maximum Gasteiger partial charge on any atom is 0.243 e. The van der Waals surface area contributed by atoms with Crippen molar-refractivity contribution in [1.29, 1.82) is 0 Å². The lowest BCUT2D eigenvalue weighted by molar-refractivity contribution is -0.139. The van der Waals surface area contributed by atoms with E-state index in [4.69, 9.17) is 4.74 Å². The molecule has 5 nitrogen and oxygen atoms in total. The number of ether oxygens (including phenoxy) is 1. The van der Waals surface area contributed by atoms with Gasteiger partial charge in [-0.3, -0.25) is 9.59 Å². The van der Waals surface area contributed by atoms with Crippen molar-refractivity contribution in [3.8, 4) is 5.75 Å². The summed E-state index contributed by atoms with van der Waals surface area (Å²) in [6, 6.07) is 26.4. The van der Waals surface area contributed by atoms with E-state index in [1.165, 1.54) is 6.92 Å². The first kappa shape index (κ1) is 22.1. The van der Waals surface area contributed by atoms with E-state index in [9.17, 15) is 9.59 Å². The molecular formula is C26H28N2O3. The third-order valence-electron chi connectivity index (χ3n) is 5.18. The average molecular weight is 417 g/mol. The molecule has 0 aliphatic carbocycles. The summed E-state index contributed by atoms with van der Waals surface area (Å²) in [5.41, 5.74) is 2.95. The molecule has 0 saturated carbocycles. The smallest absolute Gasteiger partial charge is 0.243 e. The summed E-state index contributed by atoms with van der Waals surface area (Å²) in [6.45, 7) is 2.27. The lowest BCUT2D eigenvalue weighted by atomic mass is 10.0. The number of carbonyl (C=O) groups excluding carboxylic acids is 2. The van der Waals surface area contributed by atoms with Crippen LogP contribution in [0.25, 0.3) is 0 Å². The fourth-order valence-corrected chi connectivity index (χ4v) is 3.45. The van der Waals surface area contributed by atoms with Gasteiger partial charge >= 0.3 is 0 Å². The lowest BCUT2D eigenvalue weighted by Crippen LogP contribution is -2.49.